The summed E-state index contributed by atoms with van der Waals surface area (Å²) in [6.45, 7) is 3.12. The molecular weight excluding hydrogens is 248 g/mol. The molecule has 0 aliphatic carbocycles. The van der Waals surface area contributed by atoms with Gasteiger partial charge in [0.1, 0.15) is 4.99 Å². The molecule has 0 spiro atoms. The van der Waals surface area contributed by atoms with Crippen LogP contribution in [0, 0.1) is 0 Å². The Hall–Kier alpha value is -0.580. The molecule has 2 nitrogen and oxygen atoms in total. The lowest BCUT2D eigenvalue weighted by Crippen LogP contribution is -2.31. The minimum Gasteiger partial charge on any atom is -0.389 e. The van der Waals surface area contributed by atoms with Crippen LogP contribution in [-0.4, -0.2) is 35.0 Å². The fraction of sp³-hybridized carbons (Fsp3) is 0.462. The number of benzene rings is 1. The number of thiocarbonyl (C=S) groups is 1. The van der Waals surface area contributed by atoms with Gasteiger partial charge >= 0.3 is 0 Å². The topological polar surface area (TPSA) is 29.3 Å². The fourth-order valence-electron chi connectivity index (χ4n) is 1.69. The van der Waals surface area contributed by atoms with Crippen LogP contribution in [0.15, 0.2) is 24.3 Å². The Labute approximate surface area is 114 Å². The molecular formula is C13H20N2S2. The highest BCUT2D eigenvalue weighted by Gasteiger charge is 2.11. The average molecular weight is 268 g/mol. The smallest absolute Gasteiger partial charge is 0.104 e. The van der Waals surface area contributed by atoms with Gasteiger partial charge < -0.3 is 5.73 Å². The van der Waals surface area contributed by atoms with Crippen LogP contribution >= 0.6 is 24.0 Å². The van der Waals surface area contributed by atoms with Gasteiger partial charge in [-0.1, -0.05) is 36.5 Å². The van der Waals surface area contributed by atoms with Gasteiger partial charge in [0.05, 0.1) is 0 Å². The molecule has 4 heteroatoms. The van der Waals surface area contributed by atoms with E-state index in [0.29, 0.717) is 11.0 Å². The van der Waals surface area contributed by atoms with Crippen molar-refractivity contribution in [3.8, 4) is 0 Å². The lowest BCUT2D eigenvalue weighted by molar-refractivity contribution is 0.269. The second-order valence-corrected chi connectivity index (χ2v) is 5.59. The van der Waals surface area contributed by atoms with Crippen LogP contribution < -0.4 is 5.73 Å². The van der Waals surface area contributed by atoms with E-state index < -0.39 is 0 Å². The molecule has 0 saturated heterocycles. The molecule has 0 saturated carbocycles. The van der Waals surface area contributed by atoms with Crippen LogP contribution in [-0.2, 0) is 6.54 Å². The van der Waals surface area contributed by atoms with Crippen LogP contribution in [0.5, 0.6) is 0 Å². The summed E-state index contributed by atoms with van der Waals surface area (Å²) in [5.41, 5.74) is 7.93. The Bertz CT molecular complexity index is 379. The molecule has 17 heavy (non-hydrogen) atoms. The highest BCUT2D eigenvalue weighted by Crippen LogP contribution is 2.13. The Balaban J connectivity index is 2.77. The zero-order chi connectivity index (χ0) is 12.8. The van der Waals surface area contributed by atoms with E-state index in [4.69, 9.17) is 18.0 Å². The zero-order valence-electron chi connectivity index (χ0n) is 10.6. The van der Waals surface area contributed by atoms with Crippen molar-refractivity contribution < 1.29 is 0 Å². The Morgan fingerprint density at radius 3 is 2.71 bits per heavy atom. The van der Waals surface area contributed by atoms with E-state index in [1.165, 1.54) is 5.56 Å². The van der Waals surface area contributed by atoms with Gasteiger partial charge in [0.15, 0.2) is 0 Å². The molecule has 0 radical (unpaired) electrons. The minimum atomic E-state index is 0.478. The largest absolute Gasteiger partial charge is 0.389 e. The van der Waals surface area contributed by atoms with Crippen LogP contribution in [0.25, 0.3) is 0 Å². The van der Waals surface area contributed by atoms with Gasteiger partial charge in [-0.2, -0.15) is 11.8 Å². The maximum absolute atomic E-state index is 5.73. The van der Waals surface area contributed by atoms with Crippen LogP contribution in [0.1, 0.15) is 18.1 Å². The number of thioether (sulfide) groups is 1. The Kier molecular flexibility index (Phi) is 5.95. The van der Waals surface area contributed by atoms with Crippen LogP contribution in [0.2, 0.25) is 0 Å². The Morgan fingerprint density at radius 1 is 1.47 bits per heavy atom. The molecule has 94 valence electrons. The standard InChI is InChI=1S/C13H20N2S2/c1-10(9-17-3)15(2)8-11-6-4-5-7-12(11)13(14)16/h4-7,10H,8-9H2,1-3H3,(H2,14,16). The first-order valence-electron chi connectivity index (χ1n) is 5.63. The zero-order valence-corrected chi connectivity index (χ0v) is 12.3. The highest BCUT2D eigenvalue weighted by atomic mass is 32.2. The lowest BCUT2D eigenvalue weighted by atomic mass is 10.1. The second-order valence-electron chi connectivity index (χ2n) is 4.24. The summed E-state index contributed by atoms with van der Waals surface area (Å²) in [5.74, 6) is 1.13. The predicted molar refractivity (Wildman–Crippen MR) is 81.6 cm³/mol. The van der Waals surface area contributed by atoms with E-state index in [1.54, 1.807) is 0 Å². The first kappa shape index (κ1) is 14.5. The maximum atomic E-state index is 5.73. The molecule has 2 N–H and O–H groups in total. The van der Waals surface area contributed by atoms with Gasteiger partial charge in [-0.3, -0.25) is 4.90 Å². The van der Waals surface area contributed by atoms with E-state index in [0.717, 1.165) is 17.9 Å². The Morgan fingerprint density at radius 2 is 2.12 bits per heavy atom. The normalized spacial score (nSPS) is 12.7. The molecule has 1 aromatic rings. The number of hydrogen-bond donors (Lipinski definition) is 1. The number of nitrogens with two attached hydrogens (primary N) is 1. The van der Waals surface area contributed by atoms with Crippen molar-refractivity contribution in [1.82, 2.24) is 4.90 Å². The van der Waals surface area contributed by atoms with Crippen LogP contribution in [0.4, 0.5) is 0 Å². The van der Waals surface area contributed by atoms with Gasteiger partial charge in [0.25, 0.3) is 0 Å². The molecule has 0 aliphatic heterocycles. The summed E-state index contributed by atoms with van der Waals surface area (Å²) in [6.07, 6.45) is 2.13. The third-order valence-electron chi connectivity index (χ3n) is 2.86. The molecule has 1 aromatic carbocycles. The molecule has 0 amide bonds. The van der Waals surface area contributed by atoms with Gasteiger partial charge in [-0.05, 0) is 25.8 Å². The number of rotatable bonds is 6. The first-order chi connectivity index (χ1) is 8.06. The van der Waals surface area contributed by atoms with E-state index in [2.05, 4.69) is 31.2 Å². The average Bonchev–Trinajstić information content (AvgIpc) is 2.29. The van der Waals surface area contributed by atoms with Gasteiger partial charge in [0.2, 0.25) is 0 Å². The lowest BCUT2D eigenvalue weighted by Gasteiger charge is -2.25. The van der Waals surface area contributed by atoms with E-state index in [1.807, 2.05) is 30.0 Å². The molecule has 0 aromatic heterocycles. The van der Waals surface area contributed by atoms with Crippen molar-refractivity contribution in [2.45, 2.75) is 19.5 Å². The first-order valence-corrected chi connectivity index (χ1v) is 7.43. The summed E-state index contributed by atoms with van der Waals surface area (Å²) < 4.78 is 0. The SMILES string of the molecule is CSCC(C)N(C)Cc1ccccc1C(N)=S. The third kappa shape index (κ3) is 4.30. The highest BCUT2D eigenvalue weighted by molar-refractivity contribution is 7.98. The molecule has 0 aliphatic rings. The molecule has 0 bridgehead atoms. The van der Waals surface area contributed by atoms with Gasteiger partial charge in [-0.25, -0.2) is 0 Å². The third-order valence-corrected chi connectivity index (χ3v) is 3.90. The van der Waals surface area contributed by atoms with Gasteiger partial charge in [-0.15, -0.1) is 0 Å². The van der Waals surface area contributed by atoms with Crippen LogP contribution in [0.3, 0.4) is 0 Å². The predicted octanol–water partition coefficient (Wildman–Crippen LogP) is 2.50. The van der Waals surface area contributed by atoms with E-state index >= 15 is 0 Å². The monoisotopic (exact) mass is 268 g/mol. The summed E-state index contributed by atoms with van der Waals surface area (Å²) in [5, 5.41) is 0. The molecule has 0 heterocycles. The maximum Gasteiger partial charge on any atom is 0.104 e. The van der Waals surface area contributed by atoms with Crippen molar-refractivity contribution in [2.24, 2.45) is 5.73 Å². The fourth-order valence-corrected chi connectivity index (χ4v) is 2.63. The summed E-state index contributed by atoms with van der Waals surface area (Å²) in [7, 11) is 2.14. The molecule has 1 unspecified atom stereocenters. The molecule has 1 rings (SSSR count). The summed E-state index contributed by atoms with van der Waals surface area (Å²) in [4.78, 5) is 2.81. The van der Waals surface area contributed by atoms with E-state index in [9.17, 15) is 0 Å². The van der Waals surface area contributed by atoms with Gasteiger partial charge in [0, 0.05) is 23.9 Å². The van der Waals surface area contributed by atoms with Crippen molar-refractivity contribution in [1.29, 1.82) is 0 Å². The summed E-state index contributed by atoms with van der Waals surface area (Å²) >= 11 is 6.94. The van der Waals surface area contributed by atoms with Crippen molar-refractivity contribution in [3.05, 3.63) is 35.4 Å². The van der Waals surface area contributed by atoms with Crippen molar-refractivity contribution in [2.75, 3.05) is 19.1 Å². The van der Waals surface area contributed by atoms with Crippen molar-refractivity contribution in [3.63, 3.8) is 0 Å². The minimum absolute atomic E-state index is 0.478. The molecule has 1 atom stereocenters. The summed E-state index contributed by atoms with van der Waals surface area (Å²) in [6, 6.07) is 8.64. The van der Waals surface area contributed by atoms with Crippen molar-refractivity contribution >= 4 is 29.0 Å². The molecule has 0 fully saturated rings. The number of hydrogen-bond acceptors (Lipinski definition) is 3. The van der Waals surface area contributed by atoms with E-state index in [-0.39, 0.29) is 0 Å². The second kappa shape index (κ2) is 6.99. The number of nitrogens with zero attached hydrogens (tertiary/aromatic N) is 1. The quantitative estimate of drug-likeness (QED) is 0.803.